The van der Waals surface area contributed by atoms with Crippen LogP contribution in [-0.4, -0.2) is 16.1 Å². The third-order valence-electron chi connectivity index (χ3n) is 3.82. The fourth-order valence-corrected chi connectivity index (χ4v) is 3.68. The van der Waals surface area contributed by atoms with Crippen LogP contribution in [0.2, 0.25) is 0 Å². The number of rotatable bonds is 3. The zero-order valence-corrected chi connectivity index (χ0v) is 13.6. The van der Waals surface area contributed by atoms with E-state index < -0.39 is 11.8 Å². The first-order valence-electron chi connectivity index (χ1n) is 7.38. The summed E-state index contributed by atoms with van der Waals surface area (Å²) in [6, 6.07) is 10.9. The average Bonchev–Trinajstić information content (AvgIpc) is 3.03. The van der Waals surface area contributed by atoms with Gasteiger partial charge in [0.2, 0.25) is 0 Å². The van der Waals surface area contributed by atoms with Gasteiger partial charge in [-0.2, -0.15) is 0 Å². The number of carboxylic acid groups (broad SMARTS) is 1. The van der Waals surface area contributed by atoms with Crippen molar-refractivity contribution in [2.75, 3.05) is 11.1 Å². The summed E-state index contributed by atoms with van der Waals surface area (Å²) in [4.78, 5) is 15.8. The van der Waals surface area contributed by atoms with Crippen LogP contribution in [0.3, 0.4) is 0 Å². The highest BCUT2D eigenvalue weighted by molar-refractivity contribution is 7.18. The number of hydrogen-bond donors (Lipinski definition) is 3. The van der Waals surface area contributed by atoms with E-state index in [4.69, 9.17) is 5.73 Å². The molecule has 0 radical (unpaired) electrons. The van der Waals surface area contributed by atoms with Crippen LogP contribution < -0.4 is 11.1 Å². The van der Waals surface area contributed by atoms with Crippen molar-refractivity contribution in [3.05, 3.63) is 59.2 Å². The van der Waals surface area contributed by atoms with Crippen molar-refractivity contribution in [2.45, 2.75) is 0 Å². The van der Waals surface area contributed by atoms with Gasteiger partial charge in [0, 0.05) is 26.8 Å². The summed E-state index contributed by atoms with van der Waals surface area (Å²) in [5.74, 6) is -0.934. The largest absolute Gasteiger partial charge is 0.478 e. The van der Waals surface area contributed by atoms with Gasteiger partial charge in [-0.3, -0.25) is 0 Å². The molecule has 4 rings (SSSR count). The monoisotopic (exact) mass is 353 g/mol. The van der Waals surface area contributed by atoms with Crippen molar-refractivity contribution in [3.8, 4) is 0 Å². The van der Waals surface area contributed by atoms with E-state index in [0.29, 0.717) is 22.7 Å². The molecule has 4 N–H and O–H groups in total. The van der Waals surface area contributed by atoms with E-state index in [1.807, 2.05) is 11.4 Å². The molecule has 2 aromatic heterocycles. The van der Waals surface area contributed by atoms with Crippen LogP contribution in [0, 0.1) is 5.82 Å². The topological polar surface area (TPSA) is 88.2 Å². The van der Waals surface area contributed by atoms with Gasteiger partial charge < -0.3 is 16.2 Å². The normalized spacial score (nSPS) is 11.1. The molecule has 0 aliphatic heterocycles. The summed E-state index contributed by atoms with van der Waals surface area (Å²) in [5.41, 5.74) is 7.19. The predicted molar refractivity (Wildman–Crippen MR) is 98.2 cm³/mol. The number of thiophene rings is 1. The average molecular weight is 353 g/mol. The number of benzene rings is 2. The number of nitrogen functional groups attached to an aromatic ring is 1. The first-order chi connectivity index (χ1) is 12.0. The Morgan fingerprint density at radius 1 is 1.16 bits per heavy atom. The molecule has 0 saturated carbocycles. The van der Waals surface area contributed by atoms with E-state index in [9.17, 15) is 14.3 Å². The molecule has 4 aromatic rings. The first-order valence-corrected chi connectivity index (χ1v) is 8.26. The second kappa shape index (κ2) is 5.71. The predicted octanol–water partition coefficient (Wildman–Crippen LogP) is 4.61. The van der Waals surface area contributed by atoms with Gasteiger partial charge in [0.15, 0.2) is 0 Å². The van der Waals surface area contributed by atoms with Gasteiger partial charge >= 0.3 is 5.97 Å². The minimum Gasteiger partial charge on any atom is -0.478 e. The first kappa shape index (κ1) is 15.3. The molecule has 0 aliphatic carbocycles. The quantitative estimate of drug-likeness (QED) is 0.468. The Morgan fingerprint density at radius 2 is 2.00 bits per heavy atom. The van der Waals surface area contributed by atoms with E-state index in [1.165, 1.54) is 29.5 Å². The second-order valence-electron chi connectivity index (χ2n) is 5.56. The molecule has 5 nitrogen and oxygen atoms in total. The lowest BCUT2D eigenvalue weighted by molar-refractivity contribution is 0.0697. The summed E-state index contributed by atoms with van der Waals surface area (Å²) >= 11 is 1.54. The number of pyridine rings is 1. The number of hydrogen-bond acceptors (Lipinski definition) is 5. The number of halogens is 1. The Balaban J connectivity index is 1.91. The molecule has 2 aromatic carbocycles. The van der Waals surface area contributed by atoms with Crippen molar-refractivity contribution < 1.29 is 14.3 Å². The van der Waals surface area contributed by atoms with Gasteiger partial charge in [0.25, 0.3) is 0 Å². The Hall–Kier alpha value is -3.19. The molecular formula is C18H12FN3O2S. The minimum atomic E-state index is -1.01. The SMILES string of the molecule is Nc1cc(F)cc(Nc2nc3cc(C(=O)O)ccc3c3sccc23)c1. The van der Waals surface area contributed by atoms with Gasteiger partial charge in [0.05, 0.1) is 11.1 Å². The lowest BCUT2D eigenvalue weighted by Gasteiger charge is -2.10. The van der Waals surface area contributed by atoms with Crippen LogP contribution in [0.25, 0.3) is 21.0 Å². The zero-order chi connectivity index (χ0) is 17.6. The van der Waals surface area contributed by atoms with Crippen molar-refractivity contribution in [1.29, 1.82) is 0 Å². The number of nitrogens with two attached hydrogens (primary N) is 1. The van der Waals surface area contributed by atoms with Gasteiger partial charge in [0.1, 0.15) is 11.6 Å². The Bertz CT molecular complexity index is 1120. The van der Waals surface area contributed by atoms with E-state index in [-0.39, 0.29) is 5.56 Å². The second-order valence-corrected chi connectivity index (χ2v) is 6.48. The number of carbonyl (C=O) groups is 1. The number of aromatic nitrogens is 1. The molecule has 7 heteroatoms. The van der Waals surface area contributed by atoms with Crippen LogP contribution in [-0.2, 0) is 0 Å². The van der Waals surface area contributed by atoms with Crippen molar-refractivity contribution in [1.82, 2.24) is 4.98 Å². The maximum Gasteiger partial charge on any atom is 0.335 e. The lowest BCUT2D eigenvalue weighted by Crippen LogP contribution is -1.99. The van der Waals surface area contributed by atoms with Gasteiger partial charge in [-0.25, -0.2) is 14.2 Å². The maximum atomic E-state index is 13.6. The highest BCUT2D eigenvalue weighted by atomic mass is 32.1. The number of nitrogens with one attached hydrogen (secondary N) is 1. The molecular weight excluding hydrogens is 341 g/mol. The molecule has 25 heavy (non-hydrogen) atoms. The summed E-state index contributed by atoms with van der Waals surface area (Å²) < 4.78 is 14.6. The fourth-order valence-electron chi connectivity index (χ4n) is 2.75. The lowest BCUT2D eigenvalue weighted by atomic mass is 10.1. The van der Waals surface area contributed by atoms with Gasteiger partial charge in [-0.15, -0.1) is 11.3 Å². The molecule has 0 aliphatic rings. The Kier molecular flexibility index (Phi) is 3.51. The summed E-state index contributed by atoms with van der Waals surface area (Å²) in [5, 5.41) is 16.0. The minimum absolute atomic E-state index is 0.164. The Labute approximate surface area is 145 Å². The van der Waals surface area contributed by atoms with Crippen LogP contribution in [0.15, 0.2) is 47.8 Å². The van der Waals surface area contributed by atoms with E-state index in [1.54, 1.807) is 18.2 Å². The molecule has 0 fully saturated rings. The fraction of sp³-hybridized carbons (Fsp3) is 0. The zero-order valence-electron chi connectivity index (χ0n) is 12.8. The summed E-state index contributed by atoms with van der Waals surface area (Å²) in [6.07, 6.45) is 0. The van der Waals surface area contributed by atoms with Crippen LogP contribution in [0.1, 0.15) is 10.4 Å². The van der Waals surface area contributed by atoms with Crippen molar-refractivity contribution in [2.24, 2.45) is 0 Å². The molecule has 0 spiro atoms. The maximum absolute atomic E-state index is 13.6. The smallest absolute Gasteiger partial charge is 0.335 e. The molecule has 0 atom stereocenters. The summed E-state index contributed by atoms with van der Waals surface area (Å²) in [7, 11) is 0. The third kappa shape index (κ3) is 2.74. The highest BCUT2D eigenvalue weighted by Crippen LogP contribution is 2.35. The van der Waals surface area contributed by atoms with Crippen molar-refractivity contribution >= 4 is 55.5 Å². The highest BCUT2D eigenvalue weighted by Gasteiger charge is 2.13. The third-order valence-corrected chi connectivity index (χ3v) is 4.77. The molecule has 0 bridgehead atoms. The van der Waals surface area contributed by atoms with Gasteiger partial charge in [-0.05, 0) is 41.8 Å². The van der Waals surface area contributed by atoms with E-state index in [0.717, 1.165) is 15.5 Å². The van der Waals surface area contributed by atoms with Gasteiger partial charge in [-0.1, -0.05) is 6.07 Å². The standard InChI is InChI=1S/C18H12FN3O2S/c19-10-6-11(20)8-12(7-10)21-17-14-3-4-25-16(14)13-2-1-9(18(23)24)5-15(13)22-17/h1-8H,20H2,(H,21,22)(H,23,24). The van der Waals surface area contributed by atoms with Crippen LogP contribution in [0.5, 0.6) is 0 Å². The van der Waals surface area contributed by atoms with E-state index >= 15 is 0 Å². The van der Waals surface area contributed by atoms with Crippen LogP contribution >= 0.6 is 11.3 Å². The summed E-state index contributed by atoms with van der Waals surface area (Å²) in [6.45, 7) is 0. The molecule has 0 amide bonds. The number of fused-ring (bicyclic) bond motifs is 3. The molecule has 0 saturated heterocycles. The molecule has 0 unspecified atom stereocenters. The number of anilines is 3. The van der Waals surface area contributed by atoms with Crippen LogP contribution in [0.4, 0.5) is 21.6 Å². The molecule has 124 valence electrons. The Morgan fingerprint density at radius 3 is 2.76 bits per heavy atom. The van der Waals surface area contributed by atoms with Crippen molar-refractivity contribution in [3.63, 3.8) is 0 Å². The van der Waals surface area contributed by atoms with E-state index in [2.05, 4.69) is 10.3 Å². The number of aromatic carboxylic acids is 1. The molecule has 2 heterocycles. The number of nitrogens with zero attached hydrogens (tertiary/aromatic N) is 1. The number of carboxylic acids is 1.